The third kappa shape index (κ3) is 2.45. The minimum atomic E-state index is 0.772. The van der Waals surface area contributed by atoms with Crippen molar-refractivity contribution in [1.82, 2.24) is 9.97 Å². The molecule has 0 spiro atoms. The van der Waals surface area contributed by atoms with E-state index in [0.717, 1.165) is 51.0 Å². The first-order chi connectivity index (χ1) is 10.4. The Morgan fingerprint density at radius 3 is 2.14 bits per heavy atom. The number of ether oxygens (including phenoxy) is 1. The zero-order valence-electron chi connectivity index (χ0n) is 11.9. The molecule has 1 fully saturated rings. The normalized spacial score (nSPS) is 17.9. The predicted octanol–water partition coefficient (Wildman–Crippen LogP) is 1.83. The zero-order chi connectivity index (χ0) is 14.1. The number of anilines is 2. The zero-order valence-corrected chi connectivity index (χ0v) is 11.9. The molecule has 2 aliphatic heterocycles. The summed E-state index contributed by atoms with van der Waals surface area (Å²) in [6, 6.07) is 10.7. The van der Waals surface area contributed by atoms with Crippen LogP contribution in [0.4, 0.5) is 11.6 Å². The van der Waals surface area contributed by atoms with Gasteiger partial charge in [-0.3, -0.25) is 0 Å². The maximum absolute atomic E-state index is 5.40. The lowest BCUT2D eigenvalue weighted by atomic mass is 10.1. The highest BCUT2D eigenvalue weighted by Crippen LogP contribution is 2.28. The van der Waals surface area contributed by atoms with Crippen LogP contribution in [-0.4, -0.2) is 36.3 Å². The van der Waals surface area contributed by atoms with Gasteiger partial charge in [-0.2, -0.15) is 0 Å². The number of rotatable bonds is 2. The lowest BCUT2D eigenvalue weighted by Crippen LogP contribution is -2.36. The fourth-order valence-corrected chi connectivity index (χ4v) is 2.97. The van der Waals surface area contributed by atoms with Gasteiger partial charge in [0.1, 0.15) is 18.0 Å². The lowest BCUT2D eigenvalue weighted by Gasteiger charge is -2.28. The summed E-state index contributed by atoms with van der Waals surface area (Å²) in [6.45, 7) is 5.20. The topological polar surface area (TPSA) is 41.5 Å². The van der Waals surface area contributed by atoms with Crippen molar-refractivity contribution in [3.05, 3.63) is 47.8 Å². The SMILES string of the molecule is c1ccc2c(c1)CN(c1cc(N3CCOCC3)ncn1)C2. The Balaban J connectivity index is 1.56. The van der Waals surface area contributed by atoms with Crippen LogP contribution in [0.25, 0.3) is 0 Å². The highest BCUT2D eigenvalue weighted by Gasteiger charge is 2.21. The van der Waals surface area contributed by atoms with E-state index in [9.17, 15) is 0 Å². The first-order valence-corrected chi connectivity index (χ1v) is 7.36. The van der Waals surface area contributed by atoms with E-state index in [1.54, 1.807) is 6.33 Å². The summed E-state index contributed by atoms with van der Waals surface area (Å²) in [6.07, 6.45) is 1.67. The molecule has 1 aromatic carbocycles. The fraction of sp³-hybridized carbons (Fsp3) is 0.375. The van der Waals surface area contributed by atoms with Crippen LogP contribution in [0.5, 0.6) is 0 Å². The number of fused-ring (bicyclic) bond motifs is 1. The number of benzene rings is 1. The smallest absolute Gasteiger partial charge is 0.134 e. The minimum absolute atomic E-state index is 0.772. The monoisotopic (exact) mass is 282 g/mol. The molecule has 108 valence electrons. The first kappa shape index (κ1) is 12.6. The van der Waals surface area contributed by atoms with E-state index in [2.05, 4.69) is 50.1 Å². The molecule has 1 aromatic heterocycles. The summed E-state index contributed by atoms with van der Waals surface area (Å²) in [7, 11) is 0. The van der Waals surface area contributed by atoms with E-state index in [-0.39, 0.29) is 0 Å². The van der Waals surface area contributed by atoms with E-state index in [4.69, 9.17) is 4.74 Å². The highest BCUT2D eigenvalue weighted by atomic mass is 16.5. The predicted molar refractivity (Wildman–Crippen MR) is 81.4 cm³/mol. The quantitative estimate of drug-likeness (QED) is 0.840. The molecule has 0 radical (unpaired) electrons. The maximum atomic E-state index is 5.40. The molecule has 1 saturated heterocycles. The summed E-state index contributed by atoms with van der Waals surface area (Å²) >= 11 is 0. The van der Waals surface area contributed by atoms with Crippen molar-refractivity contribution in [2.45, 2.75) is 13.1 Å². The van der Waals surface area contributed by atoms with Gasteiger partial charge in [-0.1, -0.05) is 24.3 Å². The molecule has 2 aromatic rings. The lowest BCUT2D eigenvalue weighted by molar-refractivity contribution is 0.122. The van der Waals surface area contributed by atoms with E-state index in [1.807, 2.05) is 0 Å². The number of nitrogens with zero attached hydrogens (tertiary/aromatic N) is 4. The van der Waals surface area contributed by atoms with Crippen LogP contribution >= 0.6 is 0 Å². The average molecular weight is 282 g/mol. The minimum Gasteiger partial charge on any atom is -0.378 e. The van der Waals surface area contributed by atoms with Gasteiger partial charge >= 0.3 is 0 Å². The van der Waals surface area contributed by atoms with Crippen LogP contribution in [0.2, 0.25) is 0 Å². The second-order valence-electron chi connectivity index (χ2n) is 5.46. The van der Waals surface area contributed by atoms with Crippen molar-refractivity contribution in [2.24, 2.45) is 0 Å². The second kappa shape index (κ2) is 5.33. The van der Waals surface area contributed by atoms with Crippen LogP contribution in [0.3, 0.4) is 0 Å². The number of hydrogen-bond acceptors (Lipinski definition) is 5. The van der Waals surface area contributed by atoms with Gasteiger partial charge in [0.2, 0.25) is 0 Å². The Kier molecular flexibility index (Phi) is 3.20. The third-order valence-electron chi connectivity index (χ3n) is 4.14. The van der Waals surface area contributed by atoms with Gasteiger partial charge in [-0.25, -0.2) is 9.97 Å². The Hall–Kier alpha value is -2.14. The van der Waals surface area contributed by atoms with Crippen LogP contribution in [0.1, 0.15) is 11.1 Å². The molecule has 0 amide bonds. The van der Waals surface area contributed by atoms with Crippen LogP contribution in [0.15, 0.2) is 36.7 Å². The van der Waals surface area contributed by atoms with E-state index in [1.165, 1.54) is 11.1 Å². The summed E-state index contributed by atoms with van der Waals surface area (Å²) in [5.74, 6) is 2.00. The average Bonchev–Trinajstić information content (AvgIpc) is 3.00. The van der Waals surface area contributed by atoms with Crippen molar-refractivity contribution in [2.75, 3.05) is 36.1 Å². The Bertz CT molecular complexity index is 615. The summed E-state index contributed by atoms with van der Waals surface area (Å²) in [4.78, 5) is 13.4. The van der Waals surface area contributed by atoms with Gasteiger partial charge in [0.15, 0.2) is 0 Å². The molecule has 0 unspecified atom stereocenters. The molecular weight excluding hydrogens is 264 g/mol. The Morgan fingerprint density at radius 2 is 1.48 bits per heavy atom. The van der Waals surface area contributed by atoms with Gasteiger partial charge in [-0.15, -0.1) is 0 Å². The van der Waals surface area contributed by atoms with Gasteiger partial charge < -0.3 is 14.5 Å². The fourth-order valence-electron chi connectivity index (χ4n) is 2.97. The molecule has 2 aliphatic rings. The molecule has 4 rings (SSSR count). The maximum Gasteiger partial charge on any atom is 0.134 e. The van der Waals surface area contributed by atoms with E-state index < -0.39 is 0 Å². The largest absolute Gasteiger partial charge is 0.378 e. The molecular formula is C16H18N4O. The Labute approximate surface area is 124 Å². The molecule has 5 nitrogen and oxygen atoms in total. The molecule has 3 heterocycles. The van der Waals surface area contributed by atoms with Crippen LogP contribution < -0.4 is 9.80 Å². The Morgan fingerprint density at radius 1 is 0.857 bits per heavy atom. The van der Waals surface area contributed by atoms with Crippen LogP contribution in [-0.2, 0) is 17.8 Å². The standard InChI is InChI=1S/C16H18N4O/c1-2-4-14-11-20(10-13(14)3-1)16-9-15(17-12-18-16)19-5-7-21-8-6-19/h1-4,9,12H,5-8,10-11H2. The molecule has 0 atom stereocenters. The van der Waals surface area contributed by atoms with Crippen LogP contribution in [0, 0.1) is 0 Å². The van der Waals surface area contributed by atoms with Crippen molar-refractivity contribution in [3.63, 3.8) is 0 Å². The number of hydrogen-bond donors (Lipinski definition) is 0. The molecule has 21 heavy (non-hydrogen) atoms. The first-order valence-electron chi connectivity index (χ1n) is 7.36. The van der Waals surface area contributed by atoms with Gasteiger partial charge in [0.05, 0.1) is 13.2 Å². The number of morpholine rings is 1. The summed E-state index contributed by atoms with van der Waals surface area (Å²) < 4.78 is 5.40. The molecule has 0 bridgehead atoms. The highest BCUT2D eigenvalue weighted by molar-refractivity contribution is 5.53. The van der Waals surface area contributed by atoms with Gasteiger partial charge in [-0.05, 0) is 11.1 Å². The van der Waals surface area contributed by atoms with E-state index in [0.29, 0.717) is 0 Å². The van der Waals surface area contributed by atoms with Crippen molar-refractivity contribution in [3.8, 4) is 0 Å². The van der Waals surface area contributed by atoms with Gasteiger partial charge in [0, 0.05) is 32.2 Å². The van der Waals surface area contributed by atoms with Crippen molar-refractivity contribution >= 4 is 11.6 Å². The molecule has 0 aliphatic carbocycles. The summed E-state index contributed by atoms with van der Waals surface area (Å²) in [5, 5.41) is 0. The van der Waals surface area contributed by atoms with Crippen molar-refractivity contribution < 1.29 is 4.74 Å². The van der Waals surface area contributed by atoms with Gasteiger partial charge in [0.25, 0.3) is 0 Å². The molecule has 0 N–H and O–H groups in total. The second-order valence-corrected chi connectivity index (χ2v) is 5.46. The third-order valence-corrected chi connectivity index (χ3v) is 4.14. The molecule has 0 saturated carbocycles. The molecule has 5 heteroatoms. The van der Waals surface area contributed by atoms with Crippen molar-refractivity contribution in [1.29, 1.82) is 0 Å². The van der Waals surface area contributed by atoms with E-state index >= 15 is 0 Å². The number of aromatic nitrogens is 2. The summed E-state index contributed by atoms with van der Waals surface area (Å²) in [5.41, 5.74) is 2.79.